The molecule has 0 radical (unpaired) electrons. The molecule has 3 rings (SSSR count). The molecule has 1 aliphatic carbocycles. The standard InChI is InChI=1S/C21H30FN3O2/c1-15(23-19(26)14-16-8-3-2-4-9-16)21(27)24-20-17(22)10-7-11-18(20)25-12-5-6-13-25/h7,10-11,15-16H,2-6,8-9,12-14H2,1H3,(H,23,26)(H,24,27). The molecule has 148 valence electrons. The highest BCUT2D eigenvalue weighted by molar-refractivity contribution is 5.99. The lowest BCUT2D eigenvalue weighted by molar-refractivity contribution is -0.127. The van der Waals surface area contributed by atoms with Crippen LogP contribution in [0.4, 0.5) is 15.8 Å². The van der Waals surface area contributed by atoms with Gasteiger partial charge in [0.05, 0.1) is 5.69 Å². The van der Waals surface area contributed by atoms with Crippen LogP contribution in [0.5, 0.6) is 0 Å². The van der Waals surface area contributed by atoms with Crippen molar-refractivity contribution in [2.24, 2.45) is 5.92 Å². The lowest BCUT2D eigenvalue weighted by Crippen LogP contribution is -2.42. The molecule has 1 heterocycles. The lowest BCUT2D eigenvalue weighted by atomic mass is 9.87. The maximum Gasteiger partial charge on any atom is 0.246 e. The Hall–Kier alpha value is -2.11. The quantitative estimate of drug-likeness (QED) is 0.794. The summed E-state index contributed by atoms with van der Waals surface area (Å²) in [6.45, 7) is 3.37. The number of hydrogen-bond donors (Lipinski definition) is 2. The molecular formula is C21H30FN3O2. The second kappa shape index (κ2) is 9.20. The number of carbonyl (C=O) groups is 2. The molecule has 1 unspecified atom stereocenters. The minimum absolute atomic E-state index is 0.0992. The van der Waals surface area contributed by atoms with Crippen LogP contribution >= 0.6 is 0 Å². The number of para-hydroxylation sites is 1. The first-order valence-electron chi connectivity index (χ1n) is 10.2. The summed E-state index contributed by atoms with van der Waals surface area (Å²) in [7, 11) is 0. The zero-order valence-electron chi connectivity index (χ0n) is 16.1. The van der Waals surface area contributed by atoms with Gasteiger partial charge in [0, 0.05) is 19.5 Å². The van der Waals surface area contributed by atoms with Crippen molar-refractivity contribution >= 4 is 23.2 Å². The SMILES string of the molecule is CC(NC(=O)CC1CCCCC1)C(=O)Nc1c(F)cccc1N1CCCC1. The van der Waals surface area contributed by atoms with Crippen molar-refractivity contribution in [3.8, 4) is 0 Å². The summed E-state index contributed by atoms with van der Waals surface area (Å²) in [5, 5.41) is 5.46. The first-order valence-corrected chi connectivity index (χ1v) is 10.2. The van der Waals surface area contributed by atoms with Crippen LogP contribution in [0.2, 0.25) is 0 Å². The van der Waals surface area contributed by atoms with Gasteiger partial charge < -0.3 is 15.5 Å². The molecule has 0 aromatic heterocycles. The van der Waals surface area contributed by atoms with Gasteiger partial charge in [-0.3, -0.25) is 9.59 Å². The molecule has 5 nitrogen and oxygen atoms in total. The molecular weight excluding hydrogens is 345 g/mol. The summed E-state index contributed by atoms with van der Waals surface area (Å²) in [5.74, 6) is -0.522. The number of nitrogens with zero attached hydrogens (tertiary/aromatic N) is 1. The van der Waals surface area contributed by atoms with Gasteiger partial charge in [-0.1, -0.05) is 25.3 Å². The maximum atomic E-state index is 14.4. The minimum atomic E-state index is -0.702. The molecule has 6 heteroatoms. The van der Waals surface area contributed by atoms with E-state index in [1.165, 1.54) is 25.3 Å². The van der Waals surface area contributed by atoms with Crippen LogP contribution in [0, 0.1) is 11.7 Å². The van der Waals surface area contributed by atoms with Crippen molar-refractivity contribution in [2.45, 2.75) is 64.3 Å². The van der Waals surface area contributed by atoms with E-state index in [1.54, 1.807) is 13.0 Å². The molecule has 1 aromatic carbocycles. The van der Waals surface area contributed by atoms with E-state index < -0.39 is 17.8 Å². The Labute approximate surface area is 160 Å². The van der Waals surface area contributed by atoms with Crippen molar-refractivity contribution in [3.05, 3.63) is 24.0 Å². The van der Waals surface area contributed by atoms with Gasteiger partial charge in [-0.2, -0.15) is 0 Å². The second-order valence-electron chi connectivity index (χ2n) is 7.81. The summed E-state index contributed by atoms with van der Waals surface area (Å²) in [6, 6.07) is 4.14. The average Bonchev–Trinajstić information content (AvgIpc) is 3.18. The Kier molecular flexibility index (Phi) is 6.69. The Bertz CT molecular complexity index is 667. The molecule has 27 heavy (non-hydrogen) atoms. The molecule has 0 spiro atoms. The molecule has 1 aliphatic heterocycles. The number of anilines is 2. The van der Waals surface area contributed by atoms with E-state index in [0.717, 1.165) is 38.8 Å². The van der Waals surface area contributed by atoms with Crippen molar-refractivity contribution in [3.63, 3.8) is 0 Å². The summed E-state index contributed by atoms with van der Waals surface area (Å²) in [4.78, 5) is 26.9. The average molecular weight is 375 g/mol. The normalized spacial score (nSPS) is 19.0. The number of halogens is 1. The van der Waals surface area contributed by atoms with E-state index in [1.807, 2.05) is 6.07 Å². The molecule has 1 saturated carbocycles. The smallest absolute Gasteiger partial charge is 0.246 e. The van der Waals surface area contributed by atoms with Gasteiger partial charge in [0.25, 0.3) is 0 Å². The Morgan fingerprint density at radius 2 is 1.85 bits per heavy atom. The highest BCUT2D eigenvalue weighted by atomic mass is 19.1. The second-order valence-corrected chi connectivity index (χ2v) is 7.81. The van der Waals surface area contributed by atoms with Gasteiger partial charge in [-0.15, -0.1) is 0 Å². The number of carbonyl (C=O) groups excluding carboxylic acids is 2. The molecule has 1 saturated heterocycles. The van der Waals surface area contributed by atoms with Crippen LogP contribution in [-0.4, -0.2) is 30.9 Å². The summed E-state index contributed by atoms with van der Waals surface area (Å²) in [5.41, 5.74) is 0.916. The third kappa shape index (κ3) is 5.21. The third-order valence-corrected chi connectivity index (χ3v) is 5.66. The Morgan fingerprint density at radius 3 is 2.56 bits per heavy atom. The fraction of sp³-hybridized carbons (Fsp3) is 0.619. The van der Waals surface area contributed by atoms with Gasteiger partial charge in [-0.25, -0.2) is 4.39 Å². The molecule has 2 aliphatic rings. The monoisotopic (exact) mass is 375 g/mol. The van der Waals surface area contributed by atoms with Crippen molar-refractivity contribution in [1.29, 1.82) is 0 Å². The number of amides is 2. The zero-order valence-corrected chi connectivity index (χ0v) is 16.1. The largest absolute Gasteiger partial charge is 0.370 e. The van der Waals surface area contributed by atoms with Crippen LogP contribution in [0.25, 0.3) is 0 Å². The maximum absolute atomic E-state index is 14.4. The van der Waals surface area contributed by atoms with Gasteiger partial charge in [-0.05, 0) is 50.7 Å². The first-order chi connectivity index (χ1) is 13.0. The van der Waals surface area contributed by atoms with Crippen LogP contribution in [0.15, 0.2) is 18.2 Å². The van der Waals surface area contributed by atoms with E-state index in [9.17, 15) is 14.0 Å². The van der Waals surface area contributed by atoms with E-state index >= 15 is 0 Å². The molecule has 0 bridgehead atoms. The molecule has 2 amide bonds. The predicted molar refractivity (Wildman–Crippen MR) is 105 cm³/mol. The van der Waals surface area contributed by atoms with Gasteiger partial charge in [0.1, 0.15) is 17.5 Å². The van der Waals surface area contributed by atoms with Crippen LogP contribution < -0.4 is 15.5 Å². The minimum Gasteiger partial charge on any atom is -0.370 e. The fourth-order valence-corrected chi connectivity index (χ4v) is 4.11. The number of rotatable bonds is 6. The summed E-state index contributed by atoms with van der Waals surface area (Å²) in [6.07, 6.45) is 8.39. The number of hydrogen-bond acceptors (Lipinski definition) is 3. The van der Waals surface area contributed by atoms with Crippen molar-refractivity contribution in [1.82, 2.24) is 5.32 Å². The van der Waals surface area contributed by atoms with Gasteiger partial charge in [0.15, 0.2) is 0 Å². The zero-order chi connectivity index (χ0) is 19.2. The van der Waals surface area contributed by atoms with Crippen molar-refractivity contribution in [2.75, 3.05) is 23.3 Å². The summed E-state index contributed by atoms with van der Waals surface area (Å²) < 4.78 is 14.4. The number of benzene rings is 1. The Morgan fingerprint density at radius 1 is 1.15 bits per heavy atom. The molecule has 1 aromatic rings. The predicted octanol–water partition coefficient (Wildman–Crippen LogP) is 3.84. The highest BCUT2D eigenvalue weighted by Crippen LogP contribution is 2.31. The van der Waals surface area contributed by atoms with Gasteiger partial charge >= 0.3 is 0 Å². The molecule has 2 N–H and O–H groups in total. The van der Waals surface area contributed by atoms with Crippen molar-refractivity contribution < 1.29 is 14.0 Å². The number of nitrogens with one attached hydrogen (secondary N) is 2. The summed E-state index contributed by atoms with van der Waals surface area (Å²) >= 11 is 0. The third-order valence-electron chi connectivity index (χ3n) is 5.66. The van der Waals surface area contributed by atoms with E-state index in [2.05, 4.69) is 15.5 Å². The lowest BCUT2D eigenvalue weighted by Gasteiger charge is -2.24. The van der Waals surface area contributed by atoms with Gasteiger partial charge in [0.2, 0.25) is 11.8 Å². The Balaban J connectivity index is 1.58. The van der Waals surface area contributed by atoms with Crippen LogP contribution in [0.1, 0.15) is 58.3 Å². The molecule has 1 atom stereocenters. The first kappa shape index (κ1) is 19.6. The fourth-order valence-electron chi connectivity index (χ4n) is 4.11. The highest BCUT2D eigenvalue weighted by Gasteiger charge is 2.23. The van der Waals surface area contributed by atoms with Crippen LogP contribution in [-0.2, 0) is 9.59 Å². The van der Waals surface area contributed by atoms with Crippen LogP contribution in [0.3, 0.4) is 0 Å². The van der Waals surface area contributed by atoms with E-state index in [-0.39, 0.29) is 11.6 Å². The van der Waals surface area contributed by atoms with E-state index in [4.69, 9.17) is 0 Å². The molecule has 2 fully saturated rings. The van der Waals surface area contributed by atoms with E-state index in [0.29, 0.717) is 18.0 Å². The topological polar surface area (TPSA) is 61.4 Å².